The van der Waals surface area contributed by atoms with Gasteiger partial charge < -0.3 is 14.6 Å². The van der Waals surface area contributed by atoms with E-state index < -0.39 is 22.3 Å². The summed E-state index contributed by atoms with van der Waals surface area (Å²) < 4.78 is 40.0. The van der Waals surface area contributed by atoms with Crippen LogP contribution in [0.1, 0.15) is 17.5 Å². The zero-order valence-electron chi connectivity index (χ0n) is 15.5. The van der Waals surface area contributed by atoms with Crippen LogP contribution in [0.15, 0.2) is 41.3 Å². The van der Waals surface area contributed by atoms with Gasteiger partial charge >= 0.3 is 6.09 Å². The Kier molecular flexibility index (Phi) is 5.76. The largest absolute Gasteiger partial charge is 0.503 e. The highest BCUT2D eigenvalue weighted by molar-refractivity contribution is 7.86. The number of benzene rings is 2. The van der Waals surface area contributed by atoms with Crippen molar-refractivity contribution in [3.63, 3.8) is 0 Å². The van der Waals surface area contributed by atoms with Gasteiger partial charge in [0, 0.05) is 0 Å². The first kappa shape index (κ1) is 20.0. The van der Waals surface area contributed by atoms with Crippen molar-refractivity contribution in [3.8, 4) is 11.5 Å². The Morgan fingerprint density at radius 1 is 1.25 bits per heavy atom. The summed E-state index contributed by atoms with van der Waals surface area (Å²) >= 11 is 0. The first-order valence-corrected chi connectivity index (χ1v) is 10.0. The van der Waals surface area contributed by atoms with Crippen molar-refractivity contribution < 1.29 is 32.0 Å². The highest BCUT2D eigenvalue weighted by Gasteiger charge is 2.27. The van der Waals surface area contributed by atoms with Crippen molar-refractivity contribution >= 4 is 21.9 Å². The molecule has 0 bridgehead atoms. The van der Waals surface area contributed by atoms with Crippen LogP contribution in [0.25, 0.3) is 0 Å². The lowest BCUT2D eigenvalue weighted by molar-refractivity contribution is 0.109. The number of fused-ring (bicyclic) bond motifs is 1. The van der Waals surface area contributed by atoms with Gasteiger partial charge in [0.2, 0.25) is 0 Å². The molecule has 9 heteroatoms. The predicted molar refractivity (Wildman–Crippen MR) is 101 cm³/mol. The van der Waals surface area contributed by atoms with Gasteiger partial charge in [-0.15, -0.1) is 0 Å². The molecule has 1 heterocycles. The lowest BCUT2D eigenvalue weighted by atomic mass is 10.0. The molecule has 2 aromatic rings. The summed E-state index contributed by atoms with van der Waals surface area (Å²) in [4.78, 5) is 11.4. The van der Waals surface area contributed by atoms with Crippen LogP contribution in [-0.4, -0.2) is 39.4 Å². The molecule has 0 aliphatic carbocycles. The van der Waals surface area contributed by atoms with E-state index in [1.165, 1.54) is 19.2 Å². The number of phenolic OH excluding ortho intramolecular Hbond substituents is 1. The van der Waals surface area contributed by atoms with Gasteiger partial charge in [-0.1, -0.05) is 23.8 Å². The SMILES string of the molecule is COC(=O)Nc1ccc2c(c1O)OC(COS(=O)(=O)c1ccc(C)cc1)CC2. The quantitative estimate of drug-likeness (QED) is 0.579. The number of hydrogen-bond donors (Lipinski definition) is 2. The van der Waals surface area contributed by atoms with Crippen LogP contribution in [0, 0.1) is 6.92 Å². The fraction of sp³-hybridized carbons (Fsp3) is 0.316. The number of nitrogens with one attached hydrogen (secondary N) is 1. The van der Waals surface area contributed by atoms with Crippen LogP contribution < -0.4 is 10.1 Å². The third-order valence-electron chi connectivity index (χ3n) is 4.37. The van der Waals surface area contributed by atoms with Crippen molar-refractivity contribution in [2.75, 3.05) is 19.0 Å². The van der Waals surface area contributed by atoms with Crippen LogP contribution in [-0.2, 0) is 25.5 Å². The van der Waals surface area contributed by atoms with E-state index in [4.69, 9.17) is 8.92 Å². The minimum Gasteiger partial charge on any atom is -0.503 e. The maximum Gasteiger partial charge on any atom is 0.411 e. The van der Waals surface area contributed by atoms with Gasteiger partial charge in [-0.05, 0) is 43.5 Å². The number of methoxy groups -OCH3 is 1. The standard InChI is InChI=1S/C19H21NO7S/c1-12-3-8-15(9-4-12)28(23,24)26-11-14-7-5-13-6-10-16(20-19(22)25-2)17(21)18(13)27-14/h3-4,6,8-10,14,21H,5,7,11H2,1-2H3,(H,20,22). The number of carbonyl (C=O) groups is 1. The second-order valence-corrected chi connectivity index (χ2v) is 8.01. The monoisotopic (exact) mass is 407 g/mol. The van der Waals surface area contributed by atoms with Gasteiger partial charge in [0.05, 0.1) is 17.7 Å². The summed E-state index contributed by atoms with van der Waals surface area (Å²) in [5, 5.41) is 12.8. The second kappa shape index (κ2) is 8.07. The summed E-state index contributed by atoms with van der Waals surface area (Å²) in [6.45, 7) is 1.67. The number of aryl methyl sites for hydroxylation is 2. The van der Waals surface area contributed by atoms with Crippen molar-refractivity contribution in [2.45, 2.75) is 30.8 Å². The molecule has 0 saturated carbocycles. The van der Waals surface area contributed by atoms with Crippen LogP contribution >= 0.6 is 0 Å². The van der Waals surface area contributed by atoms with Crippen LogP contribution in [0.3, 0.4) is 0 Å². The highest BCUT2D eigenvalue weighted by atomic mass is 32.2. The molecule has 0 aromatic heterocycles. The number of phenols is 1. The van der Waals surface area contributed by atoms with Gasteiger partial charge in [-0.25, -0.2) is 4.79 Å². The molecule has 8 nitrogen and oxygen atoms in total. The van der Waals surface area contributed by atoms with E-state index in [-0.39, 0.29) is 28.7 Å². The van der Waals surface area contributed by atoms with Crippen molar-refractivity contribution in [2.24, 2.45) is 0 Å². The number of ether oxygens (including phenoxy) is 2. The number of aromatic hydroxyl groups is 1. The normalized spacial score (nSPS) is 16.0. The van der Waals surface area contributed by atoms with Crippen LogP contribution in [0.4, 0.5) is 10.5 Å². The third-order valence-corrected chi connectivity index (χ3v) is 5.67. The molecule has 3 rings (SSSR count). The Balaban J connectivity index is 1.70. The third kappa shape index (κ3) is 4.37. The molecule has 0 spiro atoms. The molecule has 1 amide bonds. The Labute approximate surface area is 163 Å². The minimum absolute atomic E-state index is 0.0710. The summed E-state index contributed by atoms with van der Waals surface area (Å²) in [5.41, 5.74) is 1.84. The molecule has 2 aromatic carbocycles. The van der Waals surface area contributed by atoms with Gasteiger partial charge in [-0.3, -0.25) is 9.50 Å². The van der Waals surface area contributed by atoms with Crippen LogP contribution in [0.5, 0.6) is 11.5 Å². The molecule has 1 unspecified atom stereocenters. The number of anilines is 1. The molecule has 1 aliphatic heterocycles. The molecular formula is C19H21NO7S. The Morgan fingerprint density at radius 2 is 1.96 bits per heavy atom. The van der Waals surface area contributed by atoms with Gasteiger partial charge in [0.15, 0.2) is 11.5 Å². The van der Waals surface area contributed by atoms with Gasteiger partial charge in [0.25, 0.3) is 10.1 Å². The van der Waals surface area contributed by atoms with Crippen molar-refractivity contribution in [3.05, 3.63) is 47.5 Å². The van der Waals surface area contributed by atoms with Gasteiger partial charge in [-0.2, -0.15) is 8.42 Å². The number of carbonyl (C=O) groups excluding carboxylic acids is 1. The summed E-state index contributed by atoms with van der Waals surface area (Å²) in [6.07, 6.45) is -0.193. The number of rotatable bonds is 5. The summed E-state index contributed by atoms with van der Waals surface area (Å²) in [7, 11) is -2.70. The smallest absolute Gasteiger partial charge is 0.411 e. The molecule has 1 atom stereocenters. The lowest BCUT2D eigenvalue weighted by Gasteiger charge is -2.27. The zero-order valence-corrected chi connectivity index (χ0v) is 16.3. The maximum atomic E-state index is 12.3. The Bertz CT molecular complexity index is 971. The molecular weight excluding hydrogens is 386 g/mol. The van der Waals surface area contributed by atoms with E-state index in [0.29, 0.717) is 12.8 Å². The Morgan fingerprint density at radius 3 is 2.64 bits per heavy atom. The number of hydrogen-bond acceptors (Lipinski definition) is 7. The first-order valence-electron chi connectivity index (χ1n) is 8.62. The second-order valence-electron chi connectivity index (χ2n) is 6.40. The minimum atomic E-state index is -3.91. The van der Waals surface area contributed by atoms with Crippen molar-refractivity contribution in [1.29, 1.82) is 0 Å². The van der Waals surface area contributed by atoms with Crippen molar-refractivity contribution in [1.82, 2.24) is 0 Å². The zero-order chi connectivity index (χ0) is 20.3. The predicted octanol–water partition coefficient (Wildman–Crippen LogP) is 2.98. The highest BCUT2D eigenvalue weighted by Crippen LogP contribution is 2.41. The molecule has 0 saturated heterocycles. The molecule has 28 heavy (non-hydrogen) atoms. The Hall–Kier alpha value is -2.78. The number of amides is 1. The average Bonchev–Trinajstić information content (AvgIpc) is 2.69. The van der Waals surface area contributed by atoms with E-state index in [1.807, 2.05) is 6.92 Å². The van der Waals surface area contributed by atoms with E-state index in [1.54, 1.807) is 24.3 Å². The molecule has 0 radical (unpaired) electrons. The summed E-state index contributed by atoms with van der Waals surface area (Å²) in [5.74, 6) is -0.0459. The molecule has 2 N–H and O–H groups in total. The topological polar surface area (TPSA) is 111 Å². The lowest BCUT2D eigenvalue weighted by Crippen LogP contribution is -2.29. The first-order chi connectivity index (χ1) is 13.3. The van der Waals surface area contributed by atoms with Crippen LogP contribution in [0.2, 0.25) is 0 Å². The van der Waals surface area contributed by atoms with E-state index >= 15 is 0 Å². The summed E-state index contributed by atoms with van der Waals surface area (Å²) in [6, 6.07) is 9.62. The molecule has 0 fully saturated rings. The average molecular weight is 407 g/mol. The fourth-order valence-electron chi connectivity index (χ4n) is 2.80. The van der Waals surface area contributed by atoms with E-state index in [2.05, 4.69) is 10.1 Å². The molecule has 1 aliphatic rings. The van der Waals surface area contributed by atoms with Gasteiger partial charge in [0.1, 0.15) is 12.7 Å². The molecule has 150 valence electrons. The van der Waals surface area contributed by atoms with E-state index in [0.717, 1.165) is 11.1 Å². The van der Waals surface area contributed by atoms with E-state index in [9.17, 15) is 18.3 Å². The maximum absolute atomic E-state index is 12.3. The fourth-order valence-corrected chi connectivity index (χ4v) is 3.74.